The Hall–Kier alpha value is -2.08. The maximum atomic E-state index is 12.8. The molecule has 0 aliphatic carbocycles. The van der Waals surface area contributed by atoms with Gasteiger partial charge in [-0.1, -0.05) is 26.3 Å². The minimum Gasteiger partial charge on any atom is -0.476 e. The first-order valence-corrected chi connectivity index (χ1v) is 8.97. The summed E-state index contributed by atoms with van der Waals surface area (Å²) in [4.78, 5) is 26.6. The number of carbonyl (C=O) groups excluding carboxylic acids is 2. The van der Waals surface area contributed by atoms with Crippen LogP contribution in [-0.2, 0) is 9.59 Å². The van der Waals surface area contributed by atoms with E-state index in [0.717, 1.165) is 24.8 Å². The summed E-state index contributed by atoms with van der Waals surface area (Å²) in [5, 5.41) is 2.86. The van der Waals surface area contributed by atoms with E-state index in [1.165, 1.54) is 4.90 Å². The topological polar surface area (TPSA) is 84.7 Å². The van der Waals surface area contributed by atoms with Crippen LogP contribution in [0.25, 0.3) is 0 Å². The molecule has 1 aliphatic heterocycles. The molecule has 25 heavy (non-hydrogen) atoms. The summed E-state index contributed by atoms with van der Waals surface area (Å²) < 4.78 is 5.85. The Kier molecular flexibility index (Phi) is 6.06. The first-order valence-electron chi connectivity index (χ1n) is 8.97. The van der Waals surface area contributed by atoms with E-state index in [2.05, 4.69) is 12.2 Å². The Bertz CT molecular complexity index is 643. The van der Waals surface area contributed by atoms with Crippen LogP contribution in [0, 0.1) is 0 Å². The van der Waals surface area contributed by atoms with Gasteiger partial charge in [0.05, 0.1) is 5.69 Å². The summed E-state index contributed by atoms with van der Waals surface area (Å²) in [6.07, 6.45) is 2.71. The average Bonchev–Trinajstić information content (AvgIpc) is 2.58. The van der Waals surface area contributed by atoms with Crippen LogP contribution in [0.5, 0.6) is 5.75 Å². The van der Waals surface area contributed by atoms with E-state index < -0.39 is 5.60 Å². The van der Waals surface area contributed by atoms with Crippen LogP contribution >= 0.6 is 0 Å². The second-order valence-electron chi connectivity index (χ2n) is 6.95. The monoisotopic (exact) mass is 347 g/mol. The van der Waals surface area contributed by atoms with Crippen molar-refractivity contribution in [2.75, 3.05) is 18.0 Å². The van der Waals surface area contributed by atoms with E-state index in [9.17, 15) is 9.59 Å². The highest BCUT2D eigenvalue weighted by Crippen LogP contribution is 2.39. The summed E-state index contributed by atoms with van der Waals surface area (Å²) in [6, 6.07) is 5.49. The molecule has 0 saturated carbocycles. The molecule has 0 radical (unpaired) electrons. The van der Waals surface area contributed by atoms with Crippen molar-refractivity contribution in [3.05, 3.63) is 23.8 Å². The lowest BCUT2D eigenvalue weighted by atomic mass is 10.00. The number of carbonyl (C=O) groups is 2. The van der Waals surface area contributed by atoms with E-state index in [-0.39, 0.29) is 24.4 Å². The summed E-state index contributed by atoms with van der Waals surface area (Å²) in [7, 11) is 0. The third-order valence-corrected chi connectivity index (χ3v) is 4.42. The average molecular weight is 347 g/mol. The third-order valence-electron chi connectivity index (χ3n) is 4.42. The minimum absolute atomic E-state index is 0.0207. The first-order chi connectivity index (χ1) is 11.8. The van der Waals surface area contributed by atoms with Gasteiger partial charge in [-0.15, -0.1) is 0 Å². The molecule has 1 aromatic rings. The maximum Gasteiger partial charge on any atom is 0.271 e. The van der Waals surface area contributed by atoms with Crippen molar-refractivity contribution in [3.8, 4) is 5.75 Å². The zero-order valence-corrected chi connectivity index (χ0v) is 15.6. The standard InChI is InChI=1S/C19H29N3O3/c1-5-7-10-21-17(23)12-22-15-11-13(14(20)6-2)8-9-16(15)25-19(3,4)18(22)24/h8-9,11,14H,5-7,10,12,20H2,1-4H3,(H,21,23). The van der Waals surface area contributed by atoms with E-state index in [4.69, 9.17) is 10.5 Å². The zero-order chi connectivity index (χ0) is 18.6. The molecule has 2 amide bonds. The molecule has 6 nitrogen and oxygen atoms in total. The van der Waals surface area contributed by atoms with Crippen molar-refractivity contribution in [2.45, 2.75) is 58.6 Å². The molecule has 1 atom stereocenters. The highest BCUT2D eigenvalue weighted by atomic mass is 16.5. The molecule has 0 bridgehead atoms. The molecular weight excluding hydrogens is 318 g/mol. The SMILES string of the molecule is CCCCNC(=O)CN1C(=O)C(C)(C)Oc2ccc(C(N)CC)cc21. The van der Waals surface area contributed by atoms with Gasteiger partial charge in [-0.3, -0.25) is 14.5 Å². The fraction of sp³-hybridized carbons (Fsp3) is 0.579. The Morgan fingerprint density at radius 2 is 2.08 bits per heavy atom. The fourth-order valence-electron chi connectivity index (χ4n) is 2.81. The van der Waals surface area contributed by atoms with Crippen molar-refractivity contribution >= 4 is 17.5 Å². The molecular formula is C19H29N3O3. The number of rotatable bonds is 7. The summed E-state index contributed by atoms with van der Waals surface area (Å²) in [5.74, 6) is 0.196. The molecule has 0 fully saturated rings. The number of fused-ring (bicyclic) bond motifs is 1. The highest BCUT2D eigenvalue weighted by Gasteiger charge is 2.41. The molecule has 0 spiro atoms. The van der Waals surface area contributed by atoms with Gasteiger partial charge in [-0.2, -0.15) is 0 Å². The Morgan fingerprint density at radius 3 is 2.72 bits per heavy atom. The van der Waals surface area contributed by atoms with Gasteiger partial charge in [0.15, 0.2) is 5.60 Å². The van der Waals surface area contributed by atoms with Gasteiger partial charge in [0, 0.05) is 12.6 Å². The number of nitrogens with zero attached hydrogens (tertiary/aromatic N) is 1. The number of hydrogen-bond donors (Lipinski definition) is 2. The predicted molar refractivity (Wildman–Crippen MR) is 98.6 cm³/mol. The van der Waals surface area contributed by atoms with Crippen LogP contribution in [0.2, 0.25) is 0 Å². The molecule has 3 N–H and O–H groups in total. The number of amides is 2. The fourth-order valence-corrected chi connectivity index (χ4v) is 2.81. The lowest BCUT2D eigenvalue weighted by molar-refractivity contribution is -0.134. The molecule has 2 rings (SSSR count). The Labute approximate surface area is 149 Å². The molecule has 1 unspecified atom stereocenters. The zero-order valence-electron chi connectivity index (χ0n) is 15.6. The van der Waals surface area contributed by atoms with Gasteiger partial charge in [-0.25, -0.2) is 0 Å². The van der Waals surface area contributed by atoms with E-state index in [0.29, 0.717) is 18.0 Å². The number of benzene rings is 1. The lowest BCUT2D eigenvalue weighted by Gasteiger charge is -2.38. The van der Waals surface area contributed by atoms with Crippen LogP contribution in [0.4, 0.5) is 5.69 Å². The highest BCUT2D eigenvalue weighted by molar-refractivity contribution is 6.05. The van der Waals surface area contributed by atoms with Crippen LogP contribution in [0.1, 0.15) is 58.6 Å². The molecule has 1 heterocycles. The molecule has 0 saturated heterocycles. The van der Waals surface area contributed by atoms with Gasteiger partial charge < -0.3 is 15.8 Å². The summed E-state index contributed by atoms with van der Waals surface area (Å²) in [6.45, 7) is 8.10. The molecule has 138 valence electrons. The maximum absolute atomic E-state index is 12.8. The van der Waals surface area contributed by atoms with Crippen molar-refractivity contribution < 1.29 is 14.3 Å². The normalized spacial score (nSPS) is 16.8. The van der Waals surface area contributed by atoms with E-state index in [1.807, 2.05) is 25.1 Å². The second-order valence-corrected chi connectivity index (χ2v) is 6.95. The molecule has 1 aliphatic rings. The van der Waals surface area contributed by atoms with Crippen LogP contribution in [0.3, 0.4) is 0 Å². The van der Waals surface area contributed by atoms with Crippen molar-refractivity contribution in [1.29, 1.82) is 0 Å². The van der Waals surface area contributed by atoms with Crippen LogP contribution in [-0.4, -0.2) is 30.5 Å². The van der Waals surface area contributed by atoms with Gasteiger partial charge >= 0.3 is 0 Å². The molecule has 0 aromatic heterocycles. The van der Waals surface area contributed by atoms with E-state index >= 15 is 0 Å². The Morgan fingerprint density at radius 1 is 1.36 bits per heavy atom. The van der Waals surface area contributed by atoms with E-state index in [1.54, 1.807) is 13.8 Å². The Balaban J connectivity index is 2.30. The number of nitrogens with two attached hydrogens (primary N) is 1. The van der Waals surface area contributed by atoms with Crippen LogP contribution < -0.4 is 20.7 Å². The van der Waals surface area contributed by atoms with Gasteiger partial charge in [-0.05, 0) is 44.4 Å². The molecule has 6 heteroatoms. The summed E-state index contributed by atoms with van der Waals surface area (Å²) >= 11 is 0. The van der Waals surface area contributed by atoms with Gasteiger partial charge in [0.1, 0.15) is 12.3 Å². The van der Waals surface area contributed by atoms with Crippen LogP contribution in [0.15, 0.2) is 18.2 Å². The van der Waals surface area contributed by atoms with Crippen molar-refractivity contribution in [2.24, 2.45) is 5.73 Å². The number of unbranched alkanes of at least 4 members (excludes halogenated alkanes) is 1. The number of hydrogen-bond acceptors (Lipinski definition) is 4. The third kappa shape index (κ3) is 4.31. The largest absolute Gasteiger partial charge is 0.476 e. The number of anilines is 1. The van der Waals surface area contributed by atoms with Crippen molar-refractivity contribution in [3.63, 3.8) is 0 Å². The first kappa shape index (κ1) is 19.2. The number of nitrogens with one attached hydrogen (secondary N) is 1. The lowest BCUT2D eigenvalue weighted by Crippen LogP contribution is -2.55. The number of ether oxygens (including phenoxy) is 1. The van der Waals surface area contributed by atoms with Crippen molar-refractivity contribution in [1.82, 2.24) is 5.32 Å². The smallest absolute Gasteiger partial charge is 0.271 e. The summed E-state index contributed by atoms with van der Waals surface area (Å²) in [5.41, 5.74) is 6.64. The predicted octanol–water partition coefficient (Wildman–Crippen LogP) is 2.52. The van der Waals surface area contributed by atoms with Gasteiger partial charge in [0.2, 0.25) is 5.91 Å². The minimum atomic E-state index is -1.01. The second kappa shape index (κ2) is 7.87. The quantitative estimate of drug-likeness (QED) is 0.742. The van der Waals surface area contributed by atoms with Gasteiger partial charge in [0.25, 0.3) is 5.91 Å². The molecule has 1 aromatic carbocycles.